The Hall–Kier alpha value is -3.72. The van der Waals surface area contributed by atoms with E-state index in [0.29, 0.717) is 30.9 Å². The van der Waals surface area contributed by atoms with Crippen molar-refractivity contribution in [2.45, 2.75) is 67.2 Å². The first-order chi connectivity index (χ1) is 18.9. The fraction of sp³-hybridized carbons (Fsp3) is 0.538. The maximum absolute atomic E-state index is 12.9. The highest BCUT2D eigenvalue weighted by molar-refractivity contribution is 5.87. The zero-order chi connectivity index (χ0) is 29.1. The fourth-order valence-corrected chi connectivity index (χ4v) is 6.57. The van der Waals surface area contributed by atoms with Crippen LogP contribution in [0.3, 0.4) is 0 Å². The second kappa shape index (κ2) is 9.73. The largest absolute Gasteiger partial charge is 0.493 e. The van der Waals surface area contributed by atoms with Crippen molar-refractivity contribution in [2.24, 2.45) is 0 Å². The van der Waals surface area contributed by atoms with Gasteiger partial charge in [-0.15, -0.1) is 0 Å². The molecule has 1 spiro atoms. The predicted octanol–water partition coefficient (Wildman–Crippen LogP) is -1.29. The van der Waals surface area contributed by atoms with E-state index in [-0.39, 0.29) is 18.2 Å². The lowest BCUT2D eigenvalue weighted by atomic mass is 9.50. The van der Waals surface area contributed by atoms with E-state index in [4.69, 9.17) is 19.3 Å². The molecule has 14 nitrogen and oxygen atoms in total. The number of esters is 2. The van der Waals surface area contributed by atoms with Gasteiger partial charge in [0.25, 0.3) is 0 Å². The topological polar surface area (TPSA) is 210 Å². The second-order valence-electron chi connectivity index (χ2n) is 10.5. The van der Waals surface area contributed by atoms with Crippen molar-refractivity contribution in [2.75, 3.05) is 20.7 Å². The molecule has 0 radical (unpaired) electrons. The smallest absolute Gasteiger partial charge is 0.345 e. The van der Waals surface area contributed by atoms with E-state index >= 15 is 0 Å². The van der Waals surface area contributed by atoms with Crippen LogP contribution in [0.5, 0.6) is 11.5 Å². The lowest BCUT2D eigenvalue weighted by Gasteiger charge is -2.61. The molecule has 40 heavy (non-hydrogen) atoms. The first kappa shape index (κ1) is 27.8. The number of nitrogens with zero attached hydrogens (tertiary/aromatic N) is 1. The van der Waals surface area contributed by atoms with Crippen LogP contribution in [0, 0.1) is 0 Å². The third-order valence-corrected chi connectivity index (χ3v) is 8.47. The number of carbonyl (C=O) groups is 4. The Morgan fingerprint density at radius 1 is 1.15 bits per heavy atom. The van der Waals surface area contributed by atoms with Gasteiger partial charge in [-0.1, -0.05) is 6.07 Å². The highest BCUT2D eigenvalue weighted by atomic mass is 16.6. The maximum Gasteiger partial charge on any atom is 0.345 e. The standard InChI is InChI=1S/C26H29NO13/c1-27-8-7-25-17-11-3-4-12(37-2)20(17)40-21(25)13(5-6-26(25,36)15(27)9-11)38-16(28)10-14(22(31)32)39-24(35)19(30)18(29)23(33)34/h3-5,14-15,18-19,21,29-30,36H,6-10H2,1-2H3,(H,31,32)(H,33,34)/t14-,15+,18+,19+,21-,25-,26+/m0/s1. The Bertz CT molecular complexity index is 1310. The number of carboxylic acids is 2. The van der Waals surface area contributed by atoms with E-state index in [2.05, 4.69) is 9.64 Å². The Labute approximate surface area is 227 Å². The number of hydrogen-bond acceptors (Lipinski definition) is 12. The van der Waals surface area contributed by atoms with Gasteiger partial charge in [-0.2, -0.15) is 0 Å². The van der Waals surface area contributed by atoms with Crippen molar-refractivity contribution < 1.29 is 63.7 Å². The molecule has 1 aromatic rings. The molecule has 1 saturated heterocycles. The number of piperidine rings is 1. The van der Waals surface area contributed by atoms with E-state index < -0.39 is 65.7 Å². The number of aliphatic hydroxyl groups is 3. The number of carbonyl (C=O) groups excluding carboxylic acids is 2. The normalized spacial score (nSPS) is 30.1. The van der Waals surface area contributed by atoms with E-state index in [0.717, 1.165) is 11.1 Å². The van der Waals surface area contributed by atoms with Gasteiger partial charge in [0.1, 0.15) is 5.76 Å². The summed E-state index contributed by atoms with van der Waals surface area (Å²) >= 11 is 0. The molecule has 0 saturated carbocycles. The van der Waals surface area contributed by atoms with Crippen LogP contribution in [-0.2, 0) is 40.5 Å². The molecule has 2 aliphatic carbocycles. The molecule has 1 fully saturated rings. The zero-order valence-corrected chi connectivity index (χ0v) is 21.6. The number of rotatable bonds is 9. The first-order valence-corrected chi connectivity index (χ1v) is 12.6. The summed E-state index contributed by atoms with van der Waals surface area (Å²) in [6.07, 6.45) is -6.51. The minimum absolute atomic E-state index is 0.0564. The monoisotopic (exact) mass is 563 g/mol. The quantitative estimate of drug-likeness (QED) is 0.221. The van der Waals surface area contributed by atoms with Gasteiger partial charge in [0.15, 0.2) is 29.8 Å². The highest BCUT2D eigenvalue weighted by Gasteiger charge is 2.72. The fourth-order valence-electron chi connectivity index (χ4n) is 6.57. The number of carboxylic acid groups (broad SMARTS) is 2. The minimum Gasteiger partial charge on any atom is -0.493 e. The molecular weight excluding hydrogens is 534 g/mol. The van der Waals surface area contributed by atoms with Gasteiger partial charge in [0.05, 0.1) is 24.5 Å². The lowest BCUT2D eigenvalue weighted by Crippen LogP contribution is -2.74. The van der Waals surface area contributed by atoms with Crippen LogP contribution >= 0.6 is 0 Å². The molecular formula is C26H29NO13. The number of likely N-dealkylation sites (tertiary alicyclic amines) is 1. The molecule has 0 aromatic heterocycles. The number of ether oxygens (including phenoxy) is 4. The first-order valence-electron chi connectivity index (χ1n) is 12.6. The van der Waals surface area contributed by atoms with Gasteiger partial charge < -0.3 is 49.4 Å². The van der Waals surface area contributed by atoms with Crippen LogP contribution in [0.25, 0.3) is 0 Å². The van der Waals surface area contributed by atoms with Gasteiger partial charge in [-0.3, -0.25) is 4.79 Å². The van der Waals surface area contributed by atoms with Crippen LogP contribution < -0.4 is 9.47 Å². The Morgan fingerprint density at radius 3 is 2.52 bits per heavy atom. The predicted molar refractivity (Wildman–Crippen MR) is 129 cm³/mol. The van der Waals surface area contributed by atoms with Gasteiger partial charge in [-0.05, 0) is 44.1 Å². The summed E-state index contributed by atoms with van der Waals surface area (Å²) in [7, 11) is 3.43. The molecule has 216 valence electrons. The van der Waals surface area contributed by atoms with Gasteiger partial charge >= 0.3 is 23.9 Å². The number of likely N-dealkylation sites (N-methyl/N-ethyl adjacent to an activating group) is 1. The van der Waals surface area contributed by atoms with Gasteiger partial charge in [0, 0.05) is 18.0 Å². The average Bonchev–Trinajstić information content (AvgIpc) is 3.26. The molecule has 0 amide bonds. The molecule has 4 aliphatic rings. The van der Waals surface area contributed by atoms with Crippen molar-refractivity contribution in [1.29, 1.82) is 0 Å². The molecule has 5 rings (SSSR count). The van der Waals surface area contributed by atoms with Crippen LogP contribution in [0.15, 0.2) is 24.0 Å². The maximum atomic E-state index is 12.9. The van der Waals surface area contributed by atoms with E-state index in [9.17, 15) is 39.6 Å². The Kier molecular flexibility index (Phi) is 6.77. The third-order valence-electron chi connectivity index (χ3n) is 8.47. The minimum atomic E-state index is -2.58. The van der Waals surface area contributed by atoms with Crippen molar-refractivity contribution in [3.8, 4) is 11.5 Å². The van der Waals surface area contributed by atoms with Gasteiger partial charge in [-0.25, -0.2) is 14.4 Å². The second-order valence-corrected chi connectivity index (χ2v) is 10.5. The number of aliphatic hydroxyl groups excluding tert-OH is 2. The molecule has 14 heteroatoms. The Balaban J connectivity index is 1.41. The van der Waals surface area contributed by atoms with E-state index in [1.807, 2.05) is 13.1 Å². The lowest BCUT2D eigenvalue weighted by molar-refractivity contribution is -0.181. The van der Waals surface area contributed by atoms with Crippen molar-refractivity contribution in [3.05, 3.63) is 35.1 Å². The SMILES string of the molecule is COc1ccc2c3c1O[C@H]1C(OC(=O)C[C@H](OC(=O)[C@H](O)[C@@H](O)C(=O)O)C(=O)O)=CC[C@@]4(O)[C@@H](C2)N(C)CC[C@]314. The van der Waals surface area contributed by atoms with E-state index in [1.165, 1.54) is 13.2 Å². The third kappa shape index (κ3) is 3.93. The molecule has 2 aliphatic heterocycles. The molecule has 2 bridgehead atoms. The Morgan fingerprint density at radius 2 is 1.88 bits per heavy atom. The molecule has 7 atom stereocenters. The van der Waals surface area contributed by atoms with Crippen molar-refractivity contribution in [3.63, 3.8) is 0 Å². The summed E-state index contributed by atoms with van der Waals surface area (Å²) in [5.74, 6) is -5.61. The van der Waals surface area contributed by atoms with Crippen LogP contribution in [0.2, 0.25) is 0 Å². The summed E-state index contributed by atoms with van der Waals surface area (Å²) in [4.78, 5) is 49.4. The van der Waals surface area contributed by atoms with E-state index in [1.54, 1.807) is 6.07 Å². The van der Waals surface area contributed by atoms with Gasteiger partial charge in [0.2, 0.25) is 6.10 Å². The van der Waals surface area contributed by atoms with Crippen molar-refractivity contribution >= 4 is 23.9 Å². The number of aliphatic carboxylic acids is 2. The summed E-state index contributed by atoms with van der Waals surface area (Å²) in [5, 5.41) is 49.3. The summed E-state index contributed by atoms with van der Waals surface area (Å²) in [6, 6.07) is 3.47. The summed E-state index contributed by atoms with van der Waals surface area (Å²) < 4.78 is 22.0. The van der Waals surface area contributed by atoms with Crippen LogP contribution in [0.4, 0.5) is 0 Å². The number of methoxy groups -OCH3 is 1. The van der Waals surface area contributed by atoms with Crippen LogP contribution in [-0.4, -0.2) is 111 Å². The molecule has 5 N–H and O–H groups in total. The highest BCUT2D eigenvalue weighted by Crippen LogP contribution is 2.65. The zero-order valence-electron chi connectivity index (χ0n) is 21.6. The van der Waals surface area contributed by atoms with Crippen molar-refractivity contribution in [1.82, 2.24) is 4.90 Å². The molecule has 0 unspecified atom stereocenters. The molecule has 1 aromatic carbocycles. The summed E-state index contributed by atoms with van der Waals surface area (Å²) in [5.41, 5.74) is -0.451. The number of hydrogen-bond donors (Lipinski definition) is 5. The average molecular weight is 564 g/mol. The molecule has 2 heterocycles. The summed E-state index contributed by atoms with van der Waals surface area (Å²) in [6.45, 7) is 0.631. The van der Waals surface area contributed by atoms with Crippen LogP contribution in [0.1, 0.15) is 30.4 Å². The number of benzene rings is 1.